The van der Waals surface area contributed by atoms with Crippen LogP contribution in [0.3, 0.4) is 0 Å². The first-order chi connectivity index (χ1) is 5.81. The molecule has 0 heterocycles. The molecular formula is C13H34O3. The summed E-state index contributed by atoms with van der Waals surface area (Å²) in [6.07, 6.45) is 1.88. The van der Waals surface area contributed by atoms with E-state index in [1.165, 1.54) is 0 Å². The topological polar surface area (TPSA) is 27.7 Å². The van der Waals surface area contributed by atoms with Gasteiger partial charge in [-0.15, -0.1) is 6.58 Å². The lowest BCUT2D eigenvalue weighted by Gasteiger charge is -2.09. The number of hydrogen-bond donors (Lipinski definition) is 0. The van der Waals surface area contributed by atoms with Gasteiger partial charge in [-0.25, -0.2) is 0 Å². The quantitative estimate of drug-likeness (QED) is 0.476. The highest BCUT2D eigenvalue weighted by atomic mass is 16.5. The molecule has 3 nitrogen and oxygen atoms in total. The van der Waals surface area contributed by atoms with E-state index in [0.29, 0.717) is 26.4 Å². The fourth-order valence-electron chi connectivity index (χ4n) is 0.602. The fraction of sp³-hybridized carbons (Fsp3) is 0.846. The Morgan fingerprint density at radius 3 is 2.00 bits per heavy atom. The van der Waals surface area contributed by atoms with Gasteiger partial charge < -0.3 is 14.2 Å². The summed E-state index contributed by atoms with van der Waals surface area (Å²) in [7, 11) is 1.67. The summed E-state index contributed by atoms with van der Waals surface area (Å²) in [6, 6.07) is 0. The lowest BCUT2D eigenvalue weighted by atomic mass is 10.4. The zero-order valence-corrected chi connectivity index (χ0v) is 7.91. The molecule has 0 saturated carbocycles. The number of rotatable bonds is 8. The maximum Gasteiger partial charge on any atom is 0.0776 e. The number of ether oxygens (including phenoxy) is 3. The Morgan fingerprint density at radius 2 is 1.56 bits per heavy atom. The van der Waals surface area contributed by atoms with Crippen LogP contribution < -0.4 is 0 Å². The SMILES string of the molecule is C.C.C.C.C=CCOCCOCC(C)OC. The monoisotopic (exact) mass is 238 g/mol. The van der Waals surface area contributed by atoms with Crippen LogP contribution in [0.1, 0.15) is 36.6 Å². The van der Waals surface area contributed by atoms with Gasteiger partial charge in [0, 0.05) is 7.11 Å². The van der Waals surface area contributed by atoms with Crippen LogP contribution in [0, 0.1) is 0 Å². The first kappa shape index (κ1) is 29.6. The van der Waals surface area contributed by atoms with Gasteiger partial charge in [-0.05, 0) is 6.92 Å². The Hall–Kier alpha value is -0.380. The molecule has 0 aliphatic carbocycles. The third-order valence-electron chi connectivity index (χ3n) is 1.36. The summed E-state index contributed by atoms with van der Waals surface area (Å²) >= 11 is 0. The smallest absolute Gasteiger partial charge is 0.0776 e. The fourth-order valence-corrected chi connectivity index (χ4v) is 0.602. The average molecular weight is 238 g/mol. The Kier molecular flexibility index (Phi) is 44.5. The highest BCUT2D eigenvalue weighted by Crippen LogP contribution is 1.88. The molecule has 0 aromatic carbocycles. The molecule has 3 heteroatoms. The molecule has 16 heavy (non-hydrogen) atoms. The molecule has 0 saturated heterocycles. The lowest BCUT2D eigenvalue weighted by molar-refractivity contribution is -0.00280. The van der Waals surface area contributed by atoms with E-state index in [9.17, 15) is 0 Å². The molecule has 0 spiro atoms. The summed E-state index contributed by atoms with van der Waals surface area (Å²) in [4.78, 5) is 0. The zero-order valence-electron chi connectivity index (χ0n) is 7.91. The summed E-state index contributed by atoms with van der Waals surface area (Å²) < 4.78 is 15.4. The van der Waals surface area contributed by atoms with Crippen molar-refractivity contribution in [2.45, 2.75) is 42.7 Å². The second-order valence-electron chi connectivity index (χ2n) is 2.48. The van der Waals surface area contributed by atoms with E-state index in [2.05, 4.69) is 6.58 Å². The second-order valence-corrected chi connectivity index (χ2v) is 2.48. The molecule has 0 aliphatic heterocycles. The predicted octanol–water partition coefficient (Wildman–Crippen LogP) is 3.78. The third kappa shape index (κ3) is 23.4. The van der Waals surface area contributed by atoms with E-state index in [1.54, 1.807) is 13.2 Å². The van der Waals surface area contributed by atoms with E-state index < -0.39 is 0 Å². The average Bonchev–Trinajstić information content (AvgIpc) is 2.10. The maximum absolute atomic E-state index is 5.25. The maximum atomic E-state index is 5.25. The van der Waals surface area contributed by atoms with Crippen molar-refractivity contribution in [3.8, 4) is 0 Å². The van der Waals surface area contributed by atoms with Crippen molar-refractivity contribution in [2.75, 3.05) is 33.5 Å². The third-order valence-corrected chi connectivity index (χ3v) is 1.36. The predicted molar refractivity (Wildman–Crippen MR) is 75.2 cm³/mol. The summed E-state index contributed by atoms with van der Waals surface area (Å²) in [5.74, 6) is 0. The van der Waals surface area contributed by atoms with Crippen molar-refractivity contribution in [3.63, 3.8) is 0 Å². The molecule has 1 atom stereocenters. The lowest BCUT2D eigenvalue weighted by Crippen LogP contribution is -2.16. The van der Waals surface area contributed by atoms with Crippen LogP contribution in [-0.2, 0) is 14.2 Å². The van der Waals surface area contributed by atoms with Crippen molar-refractivity contribution in [1.29, 1.82) is 0 Å². The van der Waals surface area contributed by atoms with Crippen molar-refractivity contribution in [1.82, 2.24) is 0 Å². The molecule has 0 amide bonds. The Balaban J connectivity index is -0.000000101. The van der Waals surface area contributed by atoms with Gasteiger partial charge in [0.25, 0.3) is 0 Å². The van der Waals surface area contributed by atoms with E-state index in [0.717, 1.165) is 0 Å². The molecule has 0 N–H and O–H groups in total. The van der Waals surface area contributed by atoms with E-state index in [-0.39, 0.29) is 35.8 Å². The zero-order chi connectivity index (χ0) is 9.23. The van der Waals surface area contributed by atoms with Crippen LogP contribution in [-0.4, -0.2) is 39.6 Å². The van der Waals surface area contributed by atoms with Gasteiger partial charge >= 0.3 is 0 Å². The van der Waals surface area contributed by atoms with Gasteiger partial charge in [-0.3, -0.25) is 0 Å². The minimum Gasteiger partial charge on any atom is -0.379 e. The Bertz CT molecular complexity index is 105. The van der Waals surface area contributed by atoms with Crippen LogP contribution in [0.15, 0.2) is 12.7 Å². The normalized spacial score (nSPS) is 9.62. The van der Waals surface area contributed by atoms with Crippen LogP contribution in [0.5, 0.6) is 0 Å². The molecule has 0 rings (SSSR count). The minimum absolute atomic E-state index is 0. The summed E-state index contributed by atoms with van der Waals surface area (Å²) in [5, 5.41) is 0. The number of methoxy groups -OCH3 is 1. The number of hydrogen-bond acceptors (Lipinski definition) is 3. The Morgan fingerprint density at radius 1 is 1.06 bits per heavy atom. The first-order valence-corrected chi connectivity index (χ1v) is 4.10. The molecule has 0 fully saturated rings. The largest absolute Gasteiger partial charge is 0.379 e. The van der Waals surface area contributed by atoms with Gasteiger partial charge in [0.2, 0.25) is 0 Å². The van der Waals surface area contributed by atoms with Crippen LogP contribution in [0.2, 0.25) is 0 Å². The van der Waals surface area contributed by atoms with Gasteiger partial charge in [0.1, 0.15) is 0 Å². The molecule has 104 valence electrons. The van der Waals surface area contributed by atoms with Gasteiger partial charge in [-0.1, -0.05) is 35.8 Å². The molecule has 0 aliphatic rings. The van der Waals surface area contributed by atoms with Crippen molar-refractivity contribution in [3.05, 3.63) is 12.7 Å². The van der Waals surface area contributed by atoms with E-state index >= 15 is 0 Å². The van der Waals surface area contributed by atoms with Crippen molar-refractivity contribution in [2.24, 2.45) is 0 Å². The molecular weight excluding hydrogens is 204 g/mol. The standard InChI is InChI=1S/C9H18O3.4CH4/c1-4-5-11-6-7-12-8-9(2)10-3;;;;/h4,9H,1,5-8H2,2-3H3;4*1H4. The molecule has 1 unspecified atom stereocenters. The summed E-state index contributed by atoms with van der Waals surface area (Å²) in [6.45, 7) is 7.93. The second kappa shape index (κ2) is 24.0. The van der Waals surface area contributed by atoms with Crippen LogP contribution >= 0.6 is 0 Å². The summed E-state index contributed by atoms with van der Waals surface area (Å²) in [5.41, 5.74) is 0. The molecule has 0 aromatic heterocycles. The Labute approximate surface area is 104 Å². The van der Waals surface area contributed by atoms with Gasteiger partial charge in [0.05, 0.1) is 32.5 Å². The van der Waals surface area contributed by atoms with Crippen LogP contribution in [0.25, 0.3) is 0 Å². The van der Waals surface area contributed by atoms with Crippen molar-refractivity contribution < 1.29 is 14.2 Å². The van der Waals surface area contributed by atoms with E-state index in [1.807, 2.05) is 6.92 Å². The molecule has 0 aromatic rings. The van der Waals surface area contributed by atoms with E-state index in [4.69, 9.17) is 14.2 Å². The van der Waals surface area contributed by atoms with Crippen molar-refractivity contribution >= 4 is 0 Å². The highest BCUT2D eigenvalue weighted by Gasteiger charge is 1.97. The molecule has 0 bridgehead atoms. The highest BCUT2D eigenvalue weighted by molar-refractivity contribution is 4.63. The van der Waals surface area contributed by atoms with Gasteiger partial charge in [-0.2, -0.15) is 0 Å². The minimum atomic E-state index is 0. The van der Waals surface area contributed by atoms with Gasteiger partial charge in [0.15, 0.2) is 0 Å². The first-order valence-electron chi connectivity index (χ1n) is 4.10. The molecule has 0 radical (unpaired) electrons. The van der Waals surface area contributed by atoms with Crippen LogP contribution in [0.4, 0.5) is 0 Å².